The lowest BCUT2D eigenvalue weighted by Gasteiger charge is -2.24. The van der Waals surface area contributed by atoms with Gasteiger partial charge < -0.3 is 14.8 Å². The number of hydrogen-bond acceptors (Lipinski definition) is 4. The normalized spacial score (nSPS) is 16.3. The number of nitrogens with one attached hydrogen (secondary N) is 1. The van der Waals surface area contributed by atoms with E-state index in [9.17, 15) is 4.79 Å². The zero-order valence-corrected chi connectivity index (χ0v) is 11.0. The first-order valence-corrected chi connectivity index (χ1v) is 6.30. The van der Waals surface area contributed by atoms with Gasteiger partial charge in [-0.3, -0.25) is 0 Å². The molecule has 0 bridgehead atoms. The second-order valence-corrected chi connectivity index (χ2v) is 4.62. The molecule has 0 amide bonds. The molecular weight excluding hydrogens is 254 g/mol. The van der Waals surface area contributed by atoms with Gasteiger partial charge in [0, 0.05) is 24.9 Å². The number of carbonyl (C=O) groups is 1. The standard InChI is InChI=1S/C13H16ClNO3/c1-17-13(16)11-8-10(2-3-12(11)14)15-9-4-6-18-7-5-9/h2-3,8-9,15H,4-7H2,1H3. The van der Waals surface area contributed by atoms with Crippen molar-refractivity contribution in [2.24, 2.45) is 0 Å². The van der Waals surface area contributed by atoms with Gasteiger partial charge in [-0.2, -0.15) is 0 Å². The molecule has 1 aliphatic rings. The molecule has 0 aromatic heterocycles. The van der Waals surface area contributed by atoms with Gasteiger partial charge in [0.05, 0.1) is 17.7 Å². The molecule has 18 heavy (non-hydrogen) atoms. The predicted octanol–water partition coefficient (Wildman–Crippen LogP) is 2.72. The summed E-state index contributed by atoms with van der Waals surface area (Å²) >= 11 is 5.96. The monoisotopic (exact) mass is 269 g/mol. The van der Waals surface area contributed by atoms with Crippen molar-refractivity contribution in [2.75, 3.05) is 25.6 Å². The highest BCUT2D eigenvalue weighted by Gasteiger charge is 2.15. The van der Waals surface area contributed by atoms with Crippen LogP contribution in [-0.4, -0.2) is 32.3 Å². The molecule has 2 rings (SSSR count). The van der Waals surface area contributed by atoms with Gasteiger partial charge in [-0.25, -0.2) is 4.79 Å². The number of rotatable bonds is 3. The molecule has 0 saturated carbocycles. The summed E-state index contributed by atoms with van der Waals surface area (Å²) in [4.78, 5) is 11.5. The van der Waals surface area contributed by atoms with Gasteiger partial charge in [-0.1, -0.05) is 11.6 Å². The summed E-state index contributed by atoms with van der Waals surface area (Å²) in [5.41, 5.74) is 1.27. The Kier molecular flexibility index (Phi) is 4.44. The molecular formula is C13H16ClNO3. The summed E-state index contributed by atoms with van der Waals surface area (Å²) in [6.45, 7) is 1.55. The molecule has 1 aliphatic heterocycles. The van der Waals surface area contributed by atoms with E-state index in [4.69, 9.17) is 21.1 Å². The molecule has 5 heteroatoms. The summed E-state index contributed by atoms with van der Waals surface area (Å²) in [6, 6.07) is 5.67. The fraction of sp³-hybridized carbons (Fsp3) is 0.462. The van der Waals surface area contributed by atoms with E-state index in [0.717, 1.165) is 31.7 Å². The summed E-state index contributed by atoms with van der Waals surface area (Å²) in [6.07, 6.45) is 1.94. The second kappa shape index (κ2) is 6.07. The predicted molar refractivity (Wildman–Crippen MR) is 70.3 cm³/mol. The zero-order chi connectivity index (χ0) is 13.0. The van der Waals surface area contributed by atoms with Gasteiger partial charge in [0.1, 0.15) is 0 Å². The minimum atomic E-state index is -0.421. The van der Waals surface area contributed by atoms with Crippen LogP contribution in [0.5, 0.6) is 0 Å². The Labute approximate surface area is 111 Å². The van der Waals surface area contributed by atoms with E-state index < -0.39 is 5.97 Å². The van der Waals surface area contributed by atoms with Crippen molar-refractivity contribution in [1.29, 1.82) is 0 Å². The fourth-order valence-corrected chi connectivity index (χ4v) is 2.15. The average molecular weight is 270 g/mol. The van der Waals surface area contributed by atoms with E-state index in [1.54, 1.807) is 12.1 Å². The van der Waals surface area contributed by atoms with Crippen LogP contribution in [0.4, 0.5) is 5.69 Å². The van der Waals surface area contributed by atoms with Gasteiger partial charge in [0.15, 0.2) is 0 Å². The lowest BCUT2D eigenvalue weighted by atomic mass is 10.1. The quantitative estimate of drug-likeness (QED) is 0.857. The largest absolute Gasteiger partial charge is 0.465 e. The van der Waals surface area contributed by atoms with Crippen LogP contribution in [0.15, 0.2) is 18.2 Å². The van der Waals surface area contributed by atoms with Crippen LogP contribution in [0.2, 0.25) is 5.02 Å². The number of ether oxygens (including phenoxy) is 2. The highest BCUT2D eigenvalue weighted by atomic mass is 35.5. The maximum Gasteiger partial charge on any atom is 0.339 e. The number of benzene rings is 1. The van der Waals surface area contributed by atoms with Gasteiger partial charge in [-0.15, -0.1) is 0 Å². The van der Waals surface area contributed by atoms with Crippen molar-refractivity contribution in [2.45, 2.75) is 18.9 Å². The summed E-state index contributed by atoms with van der Waals surface area (Å²) in [5.74, 6) is -0.421. The van der Waals surface area contributed by atoms with E-state index in [-0.39, 0.29) is 0 Å². The summed E-state index contributed by atoms with van der Waals surface area (Å²) < 4.78 is 9.99. The van der Waals surface area contributed by atoms with Crippen LogP contribution in [0, 0.1) is 0 Å². The Morgan fingerprint density at radius 1 is 1.44 bits per heavy atom. The third-order valence-corrected chi connectivity index (χ3v) is 3.29. The molecule has 1 saturated heterocycles. The van der Waals surface area contributed by atoms with E-state index in [0.29, 0.717) is 16.6 Å². The number of esters is 1. The average Bonchev–Trinajstić information content (AvgIpc) is 2.41. The maximum absolute atomic E-state index is 11.5. The van der Waals surface area contributed by atoms with Crippen molar-refractivity contribution in [3.8, 4) is 0 Å². The number of carbonyl (C=O) groups excluding carboxylic acids is 1. The van der Waals surface area contributed by atoms with Gasteiger partial charge in [0.2, 0.25) is 0 Å². The molecule has 1 N–H and O–H groups in total. The lowest BCUT2D eigenvalue weighted by molar-refractivity contribution is 0.0601. The first-order valence-electron chi connectivity index (χ1n) is 5.93. The number of hydrogen-bond donors (Lipinski definition) is 1. The molecule has 1 heterocycles. The molecule has 0 unspecified atom stereocenters. The van der Waals surface area contributed by atoms with Crippen LogP contribution in [-0.2, 0) is 9.47 Å². The van der Waals surface area contributed by atoms with Gasteiger partial charge >= 0.3 is 5.97 Å². The highest BCUT2D eigenvalue weighted by Crippen LogP contribution is 2.23. The van der Waals surface area contributed by atoms with Crippen LogP contribution in [0.3, 0.4) is 0 Å². The summed E-state index contributed by atoms with van der Waals surface area (Å²) in [7, 11) is 1.34. The number of halogens is 1. The van der Waals surface area contributed by atoms with E-state index in [2.05, 4.69) is 5.32 Å². The van der Waals surface area contributed by atoms with Crippen molar-refractivity contribution in [3.05, 3.63) is 28.8 Å². The maximum atomic E-state index is 11.5. The zero-order valence-electron chi connectivity index (χ0n) is 10.2. The number of methoxy groups -OCH3 is 1. The highest BCUT2D eigenvalue weighted by molar-refractivity contribution is 6.33. The van der Waals surface area contributed by atoms with Crippen molar-refractivity contribution in [3.63, 3.8) is 0 Å². The minimum Gasteiger partial charge on any atom is -0.465 e. The topological polar surface area (TPSA) is 47.6 Å². The van der Waals surface area contributed by atoms with Crippen LogP contribution in [0.25, 0.3) is 0 Å². The first-order chi connectivity index (χ1) is 8.70. The van der Waals surface area contributed by atoms with E-state index in [1.807, 2.05) is 6.07 Å². The SMILES string of the molecule is COC(=O)c1cc(NC2CCOCC2)ccc1Cl. The number of anilines is 1. The second-order valence-electron chi connectivity index (χ2n) is 4.22. The molecule has 0 atom stereocenters. The van der Waals surface area contributed by atoms with Crippen molar-refractivity contribution in [1.82, 2.24) is 0 Å². The third-order valence-electron chi connectivity index (χ3n) is 2.96. The lowest BCUT2D eigenvalue weighted by Crippen LogP contribution is -2.27. The van der Waals surface area contributed by atoms with Crippen molar-refractivity contribution >= 4 is 23.3 Å². The molecule has 4 nitrogen and oxygen atoms in total. The molecule has 1 aromatic rings. The van der Waals surface area contributed by atoms with E-state index >= 15 is 0 Å². The van der Waals surface area contributed by atoms with Gasteiger partial charge in [0.25, 0.3) is 0 Å². The Balaban J connectivity index is 2.11. The first kappa shape index (κ1) is 13.2. The Bertz CT molecular complexity index is 430. The molecule has 1 fully saturated rings. The van der Waals surface area contributed by atoms with Crippen LogP contribution in [0.1, 0.15) is 23.2 Å². The van der Waals surface area contributed by atoms with Crippen LogP contribution < -0.4 is 5.32 Å². The van der Waals surface area contributed by atoms with E-state index in [1.165, 1.54) is 7.11 Å². The Morgan fingerprint density at radius 2 is 2.17 bits per heavy atom. The Hall–Kier alpha value is -1.26. The Morgan fingerprint density at radius 3 is 2.83 bits per heavy atom. The molecule has 1 aromatic carbocycles. The minimum absolute atomic E-state index is 0.380. The van der Waals surface area contributed by atoms with Crippen molar-refractivity contribution < 1.29 is 14.3 Å². The summed E-state index contributed by atoms with van der Waals surface area (Å²) in [5, 5.41) is 3.78. The fourth-order valence-electron chi connectivity index (χ4n) is 1.96. The van der Waals surface area contributed by atoms with Gasteiger partial charge in [-0.05, 0) is 31.0 Å². The third kappa shape index (κ3) is 3.15. The smallest absolute Gasteiger partial charge is 0.339 e. The van der Waals surface area contributed by atoms with Crippen LogP contribution >= 0.6 is 11.6 Å². The molecule has 0 aliphatic carbocycles. The molecule has 98 valence electrons. The molecule has 0 spiro atoms. The molecule has 0 radical (unpaired) electrons.